The van der Waals surface area contributed by atoms with E-state index < -0.39 is 0 Å². The molecule has 29 heavy (non-hydrogen) atoms. The molecule has 3 aliphatic rings. The Kier molecular flexibility index (Phi) is 2.98. The Morgan fingerprint density at radius 2 is 1.41 bits per heavy atom. The lowest BCUT2D eigenvalue weighted by atomic mass is 9.57. The zero-order valence-corrected chi connectivity index (χ0v) is 16.4. The summed E-state index contributed by atoms with van der Waals surface area (Å²) in [6.07, 6.45) is 5.87. The van der Waals surface area contributed by atoms with Crippen LogP contribution in [-0.2, 0) is 24.7 Å². The van der Waals surface area contributed by atoms with E-state index in [9.17, 15) is 0 Å². The van der Waals surface area contributed by atoms with E-state index in [1.54, 1.807) is 11.1 Å². The van der Waals surface area contributed by atoms with Gasteiger partial charge in [0.2, 0.25) is 0 Å². The predicted octanol–water partition coefficient (Wildman–Crippen LogP) is 6.49. The molecule has 1 unspecified atom stereocenters. The molecule has 3 aliphatic carbocycles. The predicted molar refractivity (Wildman–Crippen MR) is 120 cm³/mol. The van der Waals surface area contributed by atoms with Crippen LogP contribution < -0.4 is 0 Å². The third-order valence-corrected chi connectivity index (χ3v) is 7.67. The fourth-order valence-electron chi connectivity index (χ4n) is 6.62. The maximum Gasteiger partial charge on any atom is 0.0464 e. The second-order valence-electron chi connectivity index (χ2n) is 8.94. The molecule has 4 aromatic carbocycles. The van der Waals surface area contributed by atoms with Gasteiger partial charge >= 0.3 is 0 Å². The minimum Gasteiger partial charge on any atom is -0.0622 e. The van der Waals surface area contributed by atoms with Gasteiger partial charge < -0.3 is 0 Å². The van der Waals surface area contributed by atoms with Gasteiger partial charge in [0.25, 0.3) is 0 Å². The van der Waals surface area contributed by atoms with E-state index in [-0.39, 0.29) is 5.41 Å². The molecule has 4 aromatic rings. The van der Waals surface area contributed by atoms with Crippen molar-refractivity contribution in [2.75, 3.05) is 0 Å². The van der Waals surface area contributed by atoms with E-state index in [0.29, 0.717) is 5.92 Å². The molecular weight excluding hydrogens is 348 g/mol. The molecule has 0 nitrogen and oxygen atoms in total. The first-order valence-electron chi connectivity index (χ1n) is 10.7. The highest BCUT2D eigenvalue weighted by Crippen LogP contribution is 2.60. The third kappa shape index (κ3) is 1.90. The highest BCUT2D eigenvalue weighted by Gasteiger charge is 2.52. The molecule has 0 aromatic heterocycles. The molecular formula is C29H22. The van der Waals surface area contributed by atoms with Crippen LogP contribution in [-0.4, -0.2) is 0 Å². The quantitative estimate of drug-likeness (QED) is 0.359. The summed E-state index contributed by atoms with van der Waals surface area (Å²) in [6.45, 7) is 0. The number of hydrogen-bond acceptors (Lipinski definition) is 0. The molecule has 0 amide bonds. The summed E-state index contributed by atoms with van der Waals surface area (Å²) in [4.78, 5) is 0. The van der Waals surface area contributed by atoms with Crippen LogP contribution in [0.3, 0.4) is 0 Å². The van der Waals surface area contributed by atoms with E-state index in [2.05, 4.69) is 91.0 Å². The minimum atomic E-state index is 0.00345. The first kappa shape index (κ1) is 15.8. The van der Waals surface area contributed by atoms with Crippen molar-refractivity contribution in [3.8, 4) is 0 Å². The van der Waals surface area contributed by atoms with Crippen molar-refractivity contribution in [3.05, 3.63) is 124 Å². The Hall–Kier alpha value is -3.12. The van der Waals surface area contributed by atoms with Crippen molar-refractivity contribution in [1.29, 1.82) is 0 Å². The molecule has 0 spiro atoms. The van der Waals surface area contributed by atoms with Gasteiger partial charge in [-0.25, -0.2) is 0 Å². The minimum absolute atomic E-state index is 0.00345. The lowest BCUT2D eigenvalue weighted by Gasteiger charge is -2.45. The average Bonchev–Trinajstić information content (AvgIpc) is 3.03. The van der Waals surface area contributed by atoms with Crippen LogP contribution in [0.4, 0.5) is 0 Å². The smallest absolute Gasteiger partial charge is 0.0464 e. The molecule has 0 heterocycles. The summed E-state index contributed by atoms with van der Waals surface area (Å²) >= 11 is 0. The number of fused-ring (bicyclic) bond motifs is 1. The monoisotopic (exact) mass is 370 g/mol. The van der Waals surface area contributed by atoms with Gasteiger partial charge in [-0.2, -0.15) is 0 Å². The highest BCUT2D eigenvalue weighted by molar-refractivity contribution is 5.98. The fraction of sp³-hybridized carbons (Fsp3) is 0.172. The molecule has 0 aliphatic heterocycles. The summed E-state index contributed by atoms with van der Waals surface area (Å²) in [5.74, 6) is 0.557. The standard InChI is InChI=1S/C29H22/c1-2-11-24(12-3-1)29-25-15-20-7-4-5-8-21(20)16-26(29)18-23-14-13-19-9-6-10-22(17-25)27(19)28(23)29/h1-14,18,25H,15-17H2/t25?,29-/m1/s1. The van der Waals surface area contributed by atoms with E-state index in [1.165, 1.54) is 38.6 Å². The number of allylic oxidation sites excluding steroid dienone is 1. The van der Waals surface area contributed by atoms with Crippen LogP contribution >= 0.6 is 0 Å². The van der Waals surface area contributed by atoms with Crippen LogP contribution in [0.2, 0.25) is 0 Å². The van der Waals surface area contributed by atoms with E-state index in [1.807, 2.05) is 0 Å². The van der Waals surface area contributed by atoms with Crippen molar-refractivity contribution in [2.45, 2.75) is 24.7 Å². The number of benzene rings is 4. The summed E-state index contributed by atoms with van der Waals surface area (Å²) in [6, 6.07) is 32.1. The summed E-state index contributed by atoms with van der Waals surface area (Å²) in [7, 11) is 0. The van der Waals surface area contributed by atoms with E-state index in [0.717, 1.165) is 19.3 Å². The topological polar surface area (TPSA) is 0 Å². The van der Waals surface area contributed by atoms with Gasteiger partial charge in [-0.05, 0) is 74.9 Å². The zero-order valence-electron chi connectivity index (χ0n) is 16.4. The molecule has 0 heteroatoms. The van der Waals surface area contributed by atoms with Gasteiger partial charge in [-0.3, -0.25) is 0 Å². The molecule has 7 rings (SSSR count). The normalized spacial score (nSPS) is 23.4. The first-order valence-corrected chi connectivity index (χ1v) is 10.7. The van der Waals surface area contributed by atoms with Crippen molar-refractivity contribution >= 4 is 16.8 Å². The van der Waals surface area contributed by atoms with Crippen molar-refractivity contribution < 1.29 is 0 Å². The largest absolute Gasteiger partial charge is 0.0622 e. The maximum absolute atomic E-state index is 2.53. The Labute approximate surface area is 171 Å². The molecule has 0 fully saturated rings. The lowest BCUT2D eigenvalue weighted by molar-refractivity contribution is 0.363. The Balaban J connectivity index is 1.64. The molecule has 0 saturated heterocycles. The van der Waals surface area contributed by atoms with Crippen LogP contribution in [0.25, 0.3) is 16.8 Å². The van der Waals surface area contributed by atoms with Crippen molar-refractivity contribution in [2.24, 2.45) is 5.92 Å². The molecule has 138 valence electrons. The van der Waals surface area contributed by atoms with Gasteiger partial charge in [0.05, 0.1) is 0 Å². The van der Waals surface area contributed by atoms with Crippen LogP contribution in [0.5, 0.6) is 0 Å². The summed E-state index contributed by atoms with van der Waals surface area (Å²) in [5.41, 5.74) is 10.7. The average molecular weight is 370 g/mol. The molecule has 2 atom stereocenters. The second-order valence-corrected chi connectivity index (χ2v) is 8.94. The third-order valence-electron chi connectivity index (χ3n) is 7.67. The Morgan fingerprint density at radius 3 is 2.31 bits per heavy atom. The molecule has 0 radical (unpaired) electrons. The maximum atomic E-state index is 2.53. The van der Waals surface area contributed by atoms with Crippen LogP contribution in [0.15, 0.2) is 90.5 Å². The van der Waals surface area contributed by atoms with Gasteiger partial charge in [0.15, 0.2) is 0 Å². The van der Waals surface area contributed by atoms with Gasteiger partial charge in [0.1, 0.15) is 0 Å². The molecule has 0 saturated carbocycles. The first-order chi connectivity index (χ1) is 14.4. The van der Waals surface area contributed by atoms with Gasteiger partial charge in [0, 0.05) is 5.41 Å². The molecule has 0 bridgehead atoms. The zero-order chi connectivity index (χ0) is 19.0. The molecule has 0 N–H and O–H groups in total. The summed E-state index contributed by atoms with van der Waals surface area (Å²) in [5, 5.41) is 2.91. The van der Waals surface area contributed by atoms with Gasteiger partial charge in [-0.15, -0.1) is 0 Å². The lowest BCUT2D eigenvalue weighted by Crippen LogP contribution is -2.41. The van der Waals surface area contributed by atoms with Crippen molar-refractivity contribution in [3.63, 3.8) is 0 Å². The fourth-order valence-corrected chi connectivity index (χ4v) is 6.62. The van der Waals surface area contributed by atoms with Gasteiger partial charge in [-0.1, -0.05) is 91.0 Å². The Bertz CT molecular complexity index is 1330. The van der Waals surface area contributed by atoms with Crippen LogP contribution in [0.1, 0.15) is 33.4 Å². The Morgan fingerprint density at radius 1 is 0.655 bits per heavy atom. The highest BCUT2D eigenvalue weighted by atomic mass is 14.5. The number of rotatable bonds is 1. The number of hydrogen-bond donors (Lipinski definition) is 0. The van der Waals surface area contributed by atoms with Crippen LogP contribution in [0, 0.1) is 5.92 Å². The second kappa shape index (κ2) is 5.48. The van der Waals surface area contributed by atoms with Crippen molar-refractivity contribution in [1.82, 2.24) is 0 Å². The van der Waals surface area contributed by atoms with E-state index >= 15 is 0 Å². The van der Waals surface area contributed by atoms with E-state index in [4.69, 9.17) is 0 Å². The SMILES string of the molecule is C1=C2Cc3ccccc3CC3Cc4cccc5ccc1c(c45)[C@@]23c1ccccc1. The summed E-state index contributed by atoms with van der Waals surface area (Å²) < 4.78 is 0.